The first-order valence-electron chi connectivity index (χ1n) is 9.72. The van der Waals surface area contributed by atoms with Crippen molar-refractivity contribution in [3.05, 3.63) is 82.6 Å². The molecule has 2 aliphatic rings. The first-order chi connectivity index (χ1) is 14.5. The van der Waals surface area contributed by atoms with Crippen LogP contribution in [0.5, 0.6) is 11.5 Å². The second kappa shape index (κ2) is 8.16. The number of nitrogens with zero attached hydrogens (tertiary/aromatic N) is 1. The van der Waals surface area contributed by atoms with E-state index in [1.807, 2.05) is 24.3 Å². The Bertz CT molecular complexity index is 1080. The molecule has 0 radical (unpaired) electrons. The van der Waals surface area contributed by atoms with Crippen LogP contribution in [0.15, 0.2) is 65.3 Å². The minimum Gasteiger partial charge on any atom is -0.493 e. The molecule has 30 heavy (non-hydrogen) atoms. The number of hydrogen-bond donors (Lipinski definition) is 1. The van der Waals surface area contributed by atoms with Crippen LogP contribution in [0.4, 0.5) is 0 Å². The van der Waals surface area contributed by atoms with E-state index in [4.69, 9.17) is 19.2 Å². The molecule has 1 amide bonds. The number of fused-ring (bicyclic) bond motifs is 1. The number of carbonyl (C=O) groups excluding carboxylic acids is 1. The molecule has 154 valence electrons. The molecule has 2 aromatic carbocycles. The van der Waals surface area contributed by atoms with Gasteiger partial charge in [-0.3, -0.25) is 9.79 Å². The molecule has 6 nitrogen and oxygen atoms in total. The number of methoxy groups -OCH3 is 2. The molecule has 6 heteroatoms. The predicted octanol–water partition coefficient (Wildman–Crippen LogP) is 4.04. The van der Waals surface area contributed by atoms with Crippen LogP contribution >= 0.6 is 0 Å². The number of rotatable bonds is 5. The molecule has 0 bridgehead atoms. The van der Waals surface area contributed by atoms with Crippen LogP contribution in [-0.2, 0) is 4.74 Å². The number of ether oxygens (including phenoxy) is 3. The van der Waals surface area contributed by atoms with Crippen LogP contribution < -0.4 is 14.8 Å². The fraction of sp³-hybridized carbons (Fsp3) is 0.250. The van der Waals surface area contributed by atoms with Crippen molar-refractivity contribution in [2.24, 2.45) is 4.99 Å². The summed E-state index contributed by atoms with van der Waals surface area (Å²) in [6.45, 7) is 4.16. The zero-order valence-electron chi connectivity index (χ0n) is 17.4. The lowest BCUT2D eigenvalue weighted by atomic mass is 10.1. The second-order valence-electron chi connectivity index (χ2n) is 7.29. The Morgan fingerprint density at radius 1 is 1.03 bits per heavy atom. The third kappa shape index (κ3) is 3.86. The summed E-state index contributed by atoms with van der Waals surface area (Å²) < 4.78 is 16.6. The number of benzene rings is 2. The van der Waals surface area contributed by atoms with E-state index in [9.17, 15) is 4.79 Å². The second-order valence-corrected chi connectivity index (χ2v) is 7.29. The van der Waals surface area contributed by atoms with E-state index in [1.165, 1.54) is 18.2 Å². The Hall–Kier alpha value is -3.38. The summed E-state index contributed by atoms with van der Waals surface area (Å²) in [4.78, 5) is 17.4. The predicted molar refractivity (Wildman–Crippen MR) is 115 cm³/mol. The third-order valence-electron chi connectivity index (χ3n) is 5.31. The number of amides is 1. The molecule has 1 aliphatic heterocycles. The van der Waals surface area contributed by atoms with Crippen molar-refractivity contribution < 1.29 is 19.0 Å². The SMILES string of the molecule is COc1ccc(C(=O)NC2=CC3=N[C@@H](c4ccc(C)c(C)c4)O[C@@H]3C=C2)cc1OC. The fourth-order valence-electron chi connectivity index (χ4n) is 3.44. The Kier molecular flexibility index (Phi) is 5.42. The van der Waals surface area contributed by atoms with Gasteiger partial charge in [0.25, 0.3) is 5.91 Å². The topological polar surface area (TPSA) is 69.2 Å². The molecule has 2 atom stereocenters. The molecule has 0 saturated carbocycles. The molecule has 1 heterocycles. The lowest BCUT2D eigenvalue weighted by Crippen LogP contribution is -2.26. The first kappa shape index (κ1) is 19.9. The highest BCUT2D eigenvalue weighted by Crippen LogP contribution is 2.31. The van der Waals surface area contributed by atoms with Gasteiger partial charge in [-0.2, -0.15) is 0 Å². The van der Waals surface area contributed by atoms with Gasteiger partial charge < -0.3 is 19.5 Å². The van der Waals surface area contributed by atoms with Crippen molar-refractivity contribution in [2.45, 2.75) is 26.2 Å². The maximum atomic E-state index is 12.7. The number of aliphatic imine (C=N–C) groups is 1. The van der Waals surface area contributed by atoms with Crippen molar-refractivity contribution in [3.63, 3.8) is 0 Å². The Morgan fingerprint density at radius 2 is 1.83 bits per heavy atom. The van der Waals surface area contributed by atoms with Gasteiger partial charge in [0.15, 0.2) is 17.7 Å². The highest BCUT2D eigenvalue weighted by Gasteiger charge is 2.29. The van der Waals surface area contributed by atoms with E-state index in [1.54, 1.807) is 25.3 Å². The molecule has 0 saturated heterocycles. The molecule has 4 rings (SSSR count). The quantitative estimate of drug-likeness (QED) is 0.817. The molecule has 0 unspecified atom stereocenters. The average Bonchev–Trinajstić information content (AvgIpc) is 3.18. The minimum atomic E-state index is -0.342. The van der Waals surface area contributed by atoms with Gasteiger partial charge in [-0.05, 0) is 61.4 Å². The number of hydrogen-bond acceptors (Lipinski definition) is 5. The molecule has 2 aromatic rings. The van der Waals surface area contributed by atoms with Crippen LogP contribution in [0, 0.1) is 13.8 Å². The molecule has 0 spiro atoms. The van der Waals surface area contributed by atoms with Crippen LogP contribution in [0.25, 0.3) is 0 Å². The summed E-state index contributed by atoms with van der Waals surface area (Å²) in [5, 5.41) is 2.91. The molecule has 0 aromatic heterocycles. The average molecular weight is 404 g/mol. The summed E-state index contributed by atoms with van der Waals surface area (Å²) in [7, 11) is 3.09. The summed E-state index contributed by atoms with van der Waals surface area (Å²) >= 11 is 0. The van der Waals surface area contributed by atoms with Gasteiger partial charge in [-0.15, -0.1) is 0 Å². The number of nitrogens with one attached hydrogen (secondary N) is 1. The summed E-state index contributed by atoms with van der Waals surface area (Å²) in [6.07, 6.45) is 5.05. The molecular weight excluding hydrogens is 380 g/mol. The largest absolute Gasteiger partial charge is 0.493 e. The van der Waals surface area contributed by atoms with Gasteiger partial charge in [0.1, 0.15) is 6.10 Å². The Morgan fingerprint density at radius 3 is 2.57 bits per heavy atom. The van der Waals surface area contributed by atoms with Crippen LogP contribution in [0.1, 0.15) is 33.3 Å². The van der Waals surface area contributed by atoms with Crippen molar-refractivity contribution in [1.82, 2.24) is 5.32 Å². The van der Waals surface area contributed by atoms with Gasteiger partial charge in [0.2, 0.25) is 0 Å². The van der Waals surface area contributed by atoms with Crippen molar-refractivity contribution in [2.75, 3.05) is 14.2 Å². The highest BCUT2D eigenvalue weighted by molar-refractivity contribution is 6.04. The maximum Gasteiger partial charge on any atom is 0.255 e. The lowest BCUT2D eigenvalue weighted by molar-refractivity contribution is 0.0732. The van der Waals surface area contributed by atoms with E-state index < -0.39 is 0 Å². The van der Waals surface area contributed by atoms with Crippen molar-refractivity contribution in [3.8, 4) is 11.5 Å². The normalized spacial score (nSPS) is 19.6. The molecule has 1 N–H and O–H groups in total. The third-order valence-corrected chi connectivity index (χ3v) is 5.31. The van der Waals surface area contributed by atoms with Crippen LogP contribution in [0.2, 0.25) is 0 Å². The van der Waals surface area contributed by atoms with Crippen molar-refractivity contribution >= 4 is 11.6 Å². The van der Waals surface area contributed by atoms with E-state index in [0.29, 0.717) is 22.8 Å². The minimum absolute atomic E-state index is 0.210. The van der Waals surface area contributed by atoms with Crippen molar-refractivity contribution in [1.29, 1.82) is 0 Å². The van der Waals surface area contributed by atoms with E-state index in [-0.39, 0.29) is 18.2 Å². The molecule has 0 fully saturated rings. The van der Waals surface area contributed by atoms with Gasteiger partial charge in [0, 0.05) is 16.8 Å². The molecule has 1 aliphatic carbocycles. The monoisotopic (exact) mass is 404 g/mol. The zero-order chi connectivity index (χ0) is 21.3. The van der Waals surface area contributed by atoms with Crippen LogP contribution in [-0.4, -0.2) is 31.9 Å². The standard InChI is InChI=1S/C24H24N2O4/c1-14-5-6-17(11-15(14)2)24-26-19-13-18(8-10-20(19)30-24)25-23(27)16-7-9-21(28-3)22(12-16)29-4/h5-13,20,24H,1-4H3,(H,25,27)/t20-,24-/m1/s1. The van der Waals surface area contributed by atoms with E-state index >= 15 is 0 Å². The first-order valence-corrected chi connectivity index (χ1v) is 9.72. The number of carbonyl (C=O) groups is 1. The Labute approximate surface area is 175 Å². The smallest absolute Gasteiger partial charge is 0.255 e. The van der Waals surface area contributed by atoms with Crippen LogP contribution in [0.3, 0.4) is 0 Å². The zero-order valence-corrected chi connectivity index (χ0v) is 17.4. The molecular formula is C24H24N2O4. The fourth-order valence-corrected chi connectivity index (χ4v) is 3.44. The maximum absolute atomic E-state index is 12.7. The summed E-state index contributed by atoms with van der Waals surface area (Å²) in [6, 6.07) is 11.3. The van der Waals surface area contributed by atoms with E-state index in [2.05, 4.69) is 31.3 Å². The van der Waals surface area contributed by atoms with E-state index in [0.717, 1.165) is 11.3 Å². The highest BCUT2D eigenvalue weighted by atomic mass is 16.5. The number of aryl methyl sites for hydroxylation is 2. The van der Waals surface area contributed by atoms with Gasteiger partial charge in [-0.25, -0.2) is 0 Å². The van der Waals surface area contributed by atoms with Gasteiger partial charge >= 0.3 is 0 Å². The lowest BCUT2D eigenvalue weighted by Gasteiger charge is -2.15. The Balaban J connectivity index is 1.51. The van der Waals surface area contributed by atoms with Gasteiger partial charge in [0.05, 0.1) is 19.9 Å². The summed E-state index contributed by atoms with van der Waals surface area (Å²) in [5.41, 5.74) is 5.40. The number of allylic oxidation sites excluding steroid dienone is 1. The summed E-state index contributed by atoms with van der Waals surface area (Å²) in [5.74, 6) is 0.835. The van der Waals surface area contributed by atoms with Gasteiger partial charge in [-0.1, -0.05) is 18.2 Å².